The molecule has 108 valence electrons. The van der Waals surface area contributed by atoms with E-state index in [9.17, 15) is 9.59 Å². The van der Waals surface area contributed by atoms with Gasteiger partial charge in [-0.25, -0.2) is 4.98 Å². The Morgan fingerprint density at radius 1 is 1.10 bits per heavy atom. The Morgan fingerprint density at radius 2 is 1.81 bits per heavy atom. The molecular weight excluding hydrogens is 268 g/mol. The number of nitrogens with zero attached hydrogens (tertiary/aromatic N) is 1. The van der Waals surface area contributed by atoms with Crippen molar-refractivity contribution in [1.82, 2.24) is 4.98 Å². The van der Waals surface area contributed by atoms with Crippen LogP contribution in [0, 0.1) is 6.92 Å². The van der Waals surface area contributed by atoms with Crippen LogP contribution in [-0.4, -0.2) is 16.9 Å². The lowest BCUT2D eigenvalue weighted by molar-refractivity contribution is -0.152. The maximum atomic E-state index is 12.3. The summed E-state index contributed by atoms with van der Waals surface area (Å²) in [6.45, 7) is 3.10. The standard InChI is InChI=1S/C16H16N2O3/c1-11-7-6-10-14(17-11)18-16(20)15(21-12(2)19)13-8-4-3-5-9-13/h3-10,15H,1-2H3,(H,17,18,20)/t15-/m1/s1. The van der Waals surface area contributed by atoms with Gasteiger partial charge < -0.3 is 10.1 Å². The summed E-state index contributed by atoms with van der Waals surface area (Å²) in [5.41, 5.74) is 1.40. The van der Waals surface area contributed by atoms with Gasteiger partial charge in [-0.3, -0.25) is 9.59 Å². The molecule has 0 aliphatic carbocycles. The lowest BCUT2D eigenvalue weighted by atomic mass is 10.1. The number of ether oxygens (including phenoxy) is 1. The van der Waals surface area contributed by atoms with Gasteiger partial charge in [0, 0.05) is 18.2 Å². The van der Waals surface area contributed by atoms with Gasteiger partial charge in [0.05, 0.1) is 0 Å². The van der Waals surface area contributed by atoms with Crippen LogP contribution in [0.1, 0.15) is 24.3 Å². The Balaban J connectivity index is 2.20. The molecule has 21 heavy (non-hydrogen) atoms. The first kappa shape index (κ1) is 14.7. The number of esters is 1. The average molecular weight is 284 g/mol. The molecule has 5 nitrogen and oxygen atoms in total. The zero-order valence-corrected chi connectivity index (χ0v) is 11.9. The van der Waals surface area contributed by atoms with E-state index >= 15 is 0 Å². The maximum Gasteiger partial charge on any atom is 0.303 e. The monoisotopic (exact) mass is 284 g/mol. The molecule has 0 aliphatic rings. The molecule has 0 unspecified atom stereocenters. The molecule has 2 rings (SSSR count). The largest absolute Gasteiger partial charge is 0.447 e. The summed E-state index contributed by atoms with van der Waals surface area (Å²) >= 11 is 0. The number of nitrogens with one attached hydrogen (secondary N) is 1. The highest BCUT2D eigenvalue weighted by molar-refractivity contribution is 5.95. The lowest BCUT2D eigenvalue weighted by Crippen LogP contribution is -2.25. The molecule has 1 amide bonds. The van der Waals surface area contributed by atoms with Crippen molar-refractivity contribution >= 4 is 17.7 Å². The molecule has 2 aromatic rings. The van der Waals surface area contributed by atoms with Gasteiger partial charge in [-0.05, 0) is 19.1 Å². The van der Waals surface area contributed by atoms with Crippen LogP contribution >= 0.6 is 0 Å². The first-order chi connectivity index (χ1) is 10.1. The Hall–Kier alpha value is -2.69. The number of carbonyl (C=O) groups excluding carboxylic acids is 2. The third-order valence-electron chi connectivity index (χ3n) is 2.76. The zero-order valence-electron chi connectivity index (χ0n) is 11.9. The molecule has 1 atom stereocenters. The Morgan fingerprint density at radius 3 is 2.43 bits per heavy atom. The topological polar surface area (TPSA) is 68.3 Å². The fourth-order valence-electron chi connectivity index (χ4n) is 1.87. The highest BCUT2D eigenvalue weighted by Crippen LogP contribution is 2.19. The smallest absolute Gasteiger partial charge is 0.303 e. The summed E-state index contributed by atoms with van der Waals surface area (Å²) in [6.07, 6.45) is -0.994. The number of aromatic nitrogens is 1. The number of aryl methyl sites for hydroxylation is 1. The van der Waals surface area contributed by atoms with E-state index in [0.29, 0.717) is 11.4 Å². The van der Waals surface area contributed by atoms with Gasteiger partial charge in [0.25, 0.3) is 5.91 Å². The van der Waals surface area contributed by atoms with Gasteiger partial charge in [0.1, 0.15) is 5.82 Å². The van der Waals surface area contributed by atoms with Crippen LogP contribution in [0.15, 0.2) is 48.5 Å². The highest BCUT2D eigenvalue weighted by atomic mass is 16.5. The van der Waals surface area contributed by atoms with Crippen LogP contribution in [0.25, 0.3) is 0 Å². The molecule has 1 aromatic carbocycles. The quantitative estimate of drug-likeness (QED) is 0.876. The van der Waals surface area contributed by atoms with E-state index in [1.54, 1.807) is 36.4 Å². The van der Waals surface area contributed by atoms with Crippen LogP contribution in [0.3, 0.4) is 0 Å². The second-order valence-corrected chi connectivity index (χ2v) is 4.55. The predicted molar refractivity (Wildman–Crippen MR) is 78.6 cm³/mol. The van der Waals surface area contributed by atoms with E-state index in [1.165, 1.54) is 6.92 Å². The number of rotatable bonds is 4. The van der Waals surface area contributed by atoms with Gasteiger partial charge in [-0.2, -0.15) is 0 Å². The van der Waals surface area contributed by atoms with E-state index in [-0.39, 0.29) is 0 Å². The molecule has 1 aromatic heterocycles. The highest BCUT2D eigenvalue weighted by Gasteiger charge is 2.24. The number of benzene rings is 1. The van der Waals surface area contributed by atoms with Gasteiger partial charge >= 0.3 is 5.97 Å². The summed E-state index contributed by atoms with van der Waals surface area (Å²) in [5.74, 6) is -0.529. The Kier molecular flexibility index (Phi) is 4.66. The molecular formula is C16H16N2O3. The van der Waals surface area contributed by atoms with Gasteiger partial charge in [0.2, 0.25) is 6.10 Å². The summed E-state index contributed by atoms with van der Waals surface area (Å²) in [5, 5.41) is 2.66. The summed E-state index contributed by atoms with van der Waals surface area (Å²) < 4.78 is 5.12. The Labute approximate surface area is 123 Å². The van der Waals surface area contributed by atoms with E-state index < -0.39 is 18.0 Å². The van der Waals surface area contributed by atoms with Crippen LogP contribution in [-0.2, 0) is 14.3 Å². The summed E-state index contributed by atoms with van der Waals surface area (Å²) in [4.78, 5) is 27.7. The number of carbonyl (C=O) groups is 2. The van der Waals surface area contributed by atoms with E-state index in [4.69, 9.17) is 4.74 Å². The minimum atomic E-state index is -0.994. The normalized spacial score (nSPS) is 11.5. The van der Waals surface area contributed by atoms with Gasteiger partial charge in [-0.15, -0.1) is 0 Å². The molecule has 0 bridgehead atoms. The van der Waals surface area contributed by atoms with Crippen LogP contribution in [0.4, 0.5) is 5.82 Å². The van der Waals surface area contributed by atoms with Crippen molar-refractivity contribution in [3.05, 3.63) is 59.8 Å². The van der Waals surface area contributed by atoms with Crippen molar-refractivity contribution in [2.45, 2.75) is 20.0 Å². The second kappa shape index (κ2) is 6.65. The SMILES string of the molecule is CC(=O)O[C@@H](C(=O)Nc1cccc(C)n1)c1ccccc1. The third kappa shape index (κ3) is 4.14. The van der Waals surface area contributed by atoms with Crippen molar-refractivity contribution < 1.29 is 14.3 Å². The second-order valence-electron chi connectivity index (χ2n) is 4.55. The minimum Gasteiger partial charge on any atom is -0.447 e. The molecule has 0 radical (unpaired) electrons. The fraction of sp³-hybridized carbons (Fsp3) is 0.188. The first-order valence-corrected chi connectivity index (χ1v) is 6.53. The van der Waals surface area contributed by atoms with E-state index in [2.05, 4.69) is 10.3 Å². The molecule has 1 heterocycles. The molecule has 0 saturated carbocycles. The zero-order chi connectivity index (χ0) is 15.2. The average Bonchev–Trinajstić information content (AvgIpc) is 2.45. The lowest BCUT2D eigenvalue weighted by Gasteiger charge is -2.16. The molecule has 0 spiro atoms. The van der Waals surface area contributed by atoms with Crippen molar-refractivity contribution in [3.8, 4) is 0 Å². The number of anilines is 1. The predicted octanol–water partition coefficient (Wildman–Crippen LogP) is 2.63. The van der Waals surface area contributed by atoms with Crippen molar-refractivity contribution in [2.24, 2.45) is 0 Å². The molecule has 5 heteroatoms. The number of amides is 1. The van der Waals surface area contributed by atoms with Crippen LogP contribution < -0.4 is 5.32 Å². The third-order valence-corrected chi connectivity index (χ3v) is 2.76. The summed E-state index contributed by atoms with van der Waals surface area (Å²) in [7, 11) is 0. The number of hydrogen-bond acceptors (Lipinski definition) is 4. The van der Waals surface area contributed by atoms with Gasteiger partial charge in [-0.1, -0.05) is 36.4 Å². The summed E-state index contributed by atoms with van der Waals surface area (Å²) in [6, 6.07) is 14.2. The van der Waals surface area contributed by atoms with E-state index in [0.717, 1.165) is 5.69 Å². The molecule has 0 fully saturated rings. The van der Waals surface area contributed by atoms with Crippen molar-refractivity contribution in [1.29, 1.82) is 0 Å². The van der Waals surface area contributed by atoms with Crippen molar-refractivity contribution in [3.63, 3.8) is 0 Å². The van der Waals surface area contributed by atoms with E-state index in [1.807, 2.05) is 19.1 Å². The fourth-order valence-corrected chi connectivity index (χ4v) is 1.87. The molecule has 0 saturated heterocycles. The Bertz CT molecular complexity index is 641. The number of pyridine rings is 1. The number of hydrogen-bond donors (Lipinski definition) is 1. The van der Waals surface area contributed by atoms with Crippen LogP contribution in [0.2, 0.25) is 0 Å². The van der Waals surface area contributed by atoms with Gasteiger partial charge in [0.15, 0.2) is 0 Å². The van der Waals surface area contributed by atoms with Crippen LogP contribution in [0.5, 0.6) is 0 Å². The first-order valence-electron chi connectivity index (χ1n) is 6.53. The molecule has 1 N–H and O–H groups in total. The maximum absolute atomic E-state index is 12.3. The minimum absolute atomic E-state index is 0.424. The van der Waals surface area contributed by atoms with Crippen molar-refractivity contribution in [2.75, 3.05) is 5.32 Å². The molecule has 0 aliphatic heterocycles.